The number of benzene rings is 2. The van der Waals surface area contributed by atoms with Crippen molar-refractivity contribution in [1.82, 2.24) is 30.8 Å². The van der Waals surface area contributed by atoms with Crippen LogP contribution in [0.2, 0.25) is 0 Å². The Kier molecular flexibility index (Phi) is 7.29. The van der Waals surface area contributed by atoms with Crippen LogP contribution in [0.4, 0.5) is 23.2 Å². The first-order valence-electron chi connectivity index (χ1n) is 12.3. The number of pyridine rings is 1. The lowest BCUT2D eigenvalue weighted by Gasteiger charge is -2.37. The van der Waals surface area contributed by atoms with Gasteiger partial charge in [-0.25, -0.2) is 9.37 Å². The van der Waals surface area contributed by atoms with Crippen LogP contribution in [0, 0.1) is 5.82 Å². The van der Waals surface area contributed by atoms with E-state index in [1.54, 1.807) is 36.7 Å². The second-order valence-electron chi connectivity index (χ2n) is 9.28. The summed E-state index contributed by atoms with van der Waals surface area (Å²) in [6.07, 6.45) is -0.175. The second kappa shape index (κ2) is 10.8. The van der Waals surface area contributed by atoms with E-state index in [1.807, 2.05) is 5.32 Å². The SMILES string of the molecule is O=C(N[C@@H](c1ccc(F)cc1)C(F)(F)F)c1cccc(NC2(c3nc(-c4ccncc4)n[nH]3)CCNCC2)c1. The number of alkyl halides is 3. The van der Waals surface area contributed by atoms with Crippen LogP contribution >= 0.6 is 0 Å². The number of nitrogens with zero attached hydrogens (tertiary/aromatic N) is 3. The molecule has 8 nitrogen and oxygen atoms in total. The molecule has 1 atom stereocenters. The molecule has 2 aromatic heterocycles. The largest absolute Gasteiger partial charge is 0.412 e. The van der Waals surface area contributed by atoms with Crippen molar-refractivity contribution in [3.05, 3.63) is 95.8 Å². The predicted octanol–water partition coefficient (Wildman–Crippen LogP) is 4.73. The maximum Gasteiger partial charge on any atom is 0.412 e. The van der Waals surface area contributed by atoms with Gasteiger partial charge in [0.2, 0.25) is 0 Å². The Bertz CT molecular complexity index is 1420. The summed E-state index contributed by atoms with van der Waals surface area (Å²) in [6.45, 7) is 1.40. The Hall–Kier alpha value is -4.32. The molecule has 1 saturated heterocycles. The zero-order chi connectivity index (χ0) is 27.5. The van der Waals surface area contributed by atoms with Gasteiger partial charge in [-0.2, -0.15) is 18.3 Å². The van der Waals surface area contributed by atoms with Crippen LogP contribution in [0.15, 0.2) is 73.1 Å². The number of hydrogen-bond donors (Lipinski definition) is 4. The van der Waals surface area contributed by atoms with Crippen LogP contribution < -0.4 is 16.0 Å². The summed E-state index contributed by atoms with van der Waals surface area (Å²) in [5.41, 5.74) is 0.458. The molecule has 0 saturated carbocycles. The fourth-order valence-corrected chi connectivity index (χ4v) is 4.62. The van der Waals surface area contributed by atoms with E-state index < -0.39 is 29.5 Å². The Labute approximate surface area is 221 Å². The van der Waals surface area contributed by atoms with Gasteiger partial charge in [-0.15, -0.1) is 0 Å². The van der Waals surface area contributed by atoms with E-state index in [-0.39, 0.29) is 11.1 Å². The number of aromatic amines is 1. The average Bonchev–Trinajstić information content (AvgIpc) is 3.44. The first-order chi connectivity index (χ1) is 18.7. The van der Waals surface area contributed by atoms with Crippen molar-refractivity contribution in [2.75, 3.05) is 18.4 Å². The van der Waals surface area contributed by atoms with Crippen LogP contribution in [-0.2, 0) is 5.54 Å². The molecule has 0 spiro atoms. The van der Waals surface area contributed by atoms with Crippen LogP contribution in [0.1, 0.15) is 40.6 Å². The van der Waals surface area contributed by atoms with Gasteiger partial charge in [-0.1, -0.05) is 18.2 Å². The highest BCUT2D eigenvalue weighted by atomic mass is 19.4. The molecule has 4 aromatic rings. The molecule has 202 valence electrons. The topological polar surface area (TPSA) is 108 Å². The van der Waals surface area contributed by atoms with E-state index in [0.717, 1.165) is 29.8 Å². The summed E-state index contributed by atoms with van der Waals surface area (Å²) in [4.78, 5) is 21.7. The third-order valence-corrected chi connectivity index (χ3v) is 6.65. The summed E-state index contributed by atoms with van der Waals surface area (Å²) < 4.78 is 54.6. The van der Waals surface area contributed by atoms with Gasteiger partial charge in [0.05, 0.1) is 5.54 Å². The maximum absolute atomic E-state index is 13.8. The van der Waals surface area contributed by atoms with Gasteiger partial charge in [0, 0.05) is 29.2 Å². The van der Waals surface area contributed by atoms with Crippen molar-refractivity contribution in [3.63, 3.8) is 0 Å². The number of carbonyl (C=O) groups is 1. The maximum atomic E-state index is 13.8. The minimum absolute atomic E-state index is 0.0375. The van der Waals surface area contributed by atoms with Gasteiger partial charge in [-0.3, -0.25) is 14.9 Å². The molecule has 1 aliphatic heterocycles. The molecule has 2 aromatic carbocycles. The monoisotopic (exact) mass is 539 g/mol. The molecule has 1 amide bonds. The molecular formula is C27H25F4N7O. The highest BCUT2D eigenvalue weighted by Gasteiger charge is 2.42. The molecule has 0 unspecified atom stereocenters. The first-order valence-corrected chi connectivity index (χ1v) is 12.3. The van der Waals surface area contributed by atoms with Crippen molar-refractivity contribution < 1.29 is 22.4 Å². The van der Waals surface area contributed by atoms with Crippen molar-refractivity contribution in [1.29, 1.82) is 0 Å². The molecule has 5 rings (SSSR count). The summed E-state index contributed by atoms with van der Waals surface area (Å²) in [5, 5.41) is 16.2. The smallest absolute Gasteiger partial charge is 0.373 e. The van der Waals surface area contributed by atoms with E-state index in [1.165, 1.54) is 12.1 Å². The number of rotatable bonds is 7. The molecule has 3 heterocycles. The lowest BCUT2D eigenvalue weighted by atomic mass is 9.87. The zero-order valence-electron chi connectivity index (χ0n) is 20.6. The number of piperidine rings is 1. The number of halogens is 4. The highest BCUT2D eigenvalue weighted by molar-refractivity contribution is 5.95. The number of nitrogens with one attached hydrogen (secondary N) is 4. The predicted molar refractivity (Wildman–Crippen MR) is 136 cm³/mol. The molecule has 0 aliphatic carbocycles. The van der Waals surface area contributed by atoms with Crippen molar-refractivity contribution in [2.24, 2.45) is 0 Å². The van der Waals surface area contributed by atoms with Gasteiger partial charge < -0.3 is 16.0 Å². The number of anilines is 1. The number of aromatic nitrogens is 4. The van der Waals surface area contributed by atoms with Crippen LogP contribution in [0.3, 0.4) is 0 Å². The minimum Gasteiger partial charge on any atom is -0.373 e. The first kappa shape index (κ1) is 26.3. The molecule has 1 aliphatic rings. The number of hydrogen-bond acceptors (Lipinski definition) is 6. The standard InChI is InChI=1S/C27H25F4N7O/c28-20-6-4-17(5-7-20)22(27(29,30)31)34-24(39)19-2-1-3-21(16-19)36-26(10-14-33-15-11-26)25-35-23(37-38-25)18-8-12-32-13-9-18/h1-9,12-13,16,22,33,36H,10-11,14-15H2,(H,34,39)(H,35,37,38)/t22-/m0/s1. The Balaban J connectivity index is 1.39. The third kappa shape index (κ3) is 5.90. The molecule has 0 radical (unpaired) electrons. The average molecular weight is 540 g/mol. The highest BCUT2D eigenvalue weighted by Crippen LogP contribution is 2.35. The van der Waals surface area contributed by atoms with Gasteiger partial charge >= 0.3 is 6.18 Å². The Morgan fingerprint density at radius 1 is 1.00 bits per heavy atom. The minimum atomic E-state index is -4.78. The zero-order valence-corrected chi connectivity index (χ0v) is 20.6. The lowest BCUT2D eigenvalue weighted by Crippen LogP contribution is -2.46. The van der Waals surface area contributed by atoms with E-state index in [9.17, 15) is 22.4 Å². The fraction of sp³-hybridized carbons (Fsp3) is 0.259. The van der Waals surface area contributed by atoms with Crippen LogP contribution in [0.25, 0.3) is 11.4 Å². The number of amides is 1. The molecule has 4 N–H and O–H groups in total. The number of H-pyrrole nitrogens is 1. The molecule has 1 fully saturated rings. The van der Waals surface area contributed by atoms with Gasteiger partial charge in [0.1, 0.15) is 5.82 Å². The van der Waals surface area contributed by atoms with Gasteiger partial charge in [-0.05, 0) is 74.0 Å². The third-order valence-electron chi connectivity index (χ3n) is 6.65. The number of carbonyl (C=O) groups excluding carboxylic acids is 1. The van der Waals surface area contributed by atoms with Gasteiger partial charge in [0.25, 0.3) is 5.91 Å². The van der Waals surface area contributed by atoms with E-state index >= 15 is 0 Å². The van der Waals surface area contributed by atoms with E-state index in [2.05, 4.69) is 25.8 Å². The second-order valence-corrected chi connectivity index (χ2v) is 9.28. The summed E-state index contributed by atoms with van der Waals surface area (Å²) in [5.74, 6) is -0.459. The van der Waals surface area contributed by atoms with Crippen molar-refractivity contribution >= 4 is 11.6 Å². The fourth-order valence-electron chi connectivity index (χ4n) is 4.62. The molecule has 39 heavy (non-hydrogen) atoms. The van der Waals surface area contributed by atoms with E-state index in [4.69, 9.17) is 4.98 Å². The van der Waals surface area contributed by atoms with Crippen molar-refractivity contribution in [2.45, 2.75) is 30.6 Å². The van der Waals surface area contributed by atoms with Crippen LogP contribution in [0.5, 0.6) is 0 Å². The Morgan fingerprint density at radius 3 is 2.41 bits per heavy atom. The van der Waals surface area contributed by atoms with Crippen LogP contribution in [-0.4, -0.2) is 45.3 Å². The Morgan fingerprint density at radius 2 is 1.72 bits per heavy atom. The summed E-state index contributed by atoms with van der Waals surface area (Å²) >= 11 is 0. The summed E-state index contributed by atoms with van der Waals surface area (Å²) in [6, 6.07) is 11.4. The van der Waals surface area contributed by atoms with Gasteiger partial charge in [0.15, 0.2) is 17.7 Å². The van der Waals surface area contributed by atoms with E-state index in [0.29, 0.717) is 43.3 Å². The summed E-state index contributed by atoms with van der Waals surface area (Å²) in [7, 11) is 0. The normalized spacial score (nSPS) is 15.9. The molecular weight excluding hydrogens is 514 g/mol. The molecule has 12 heteroatoms. The lowest BCUT2D eigenvalue weighted by molar-refractivity contribution is -0.155. The quantitative estimate of drug-likeness (QED) is 0.253. The van der Waals surface area contributed by atoms with Crippen molar-refractivity contribution in [3.8, 4) is 11.4 Å². The molecule has 0 bridgehead atoms.